The first-order chi connectivity index (χ1) is 31.2. The van der Waals surface area contributed by atoms with Crippen LogP contribution in [0.5, 0.6) is 5.75 Å². The Kier molecular flexibility index (Phi) is 14.0. The summed E-state index contributed by atoms with van der Waals surface area (Å²) in [6, 6.07) is 5.59. The number of Topliss-reactive ketones (excluding diaryl/α,β-unsaturated/α-hetero) is 1. The molecular formula is C49H72O17. The highest BCUT2D eigenvalue weighted by Crippen LogP contribution is 2.71. The number of aliphatic hydroxyl groups is 4. The first-order valence-corrected chi connectivity index (χ1v) is 23.7. The molecule has 0 aromatic heterocycles. The highest BCUT2D eigenvalue weighted by Gasteiger charge is 2.81. The van der Waals surface area contributed by atoms with E-state index < -0.39 is 119 Å². The molecule has 3 saturated carbocycles. The molecule has 4 aliphatic carbocycles. The number of phenolic OH excluding ortho intramolecular Hbond substituents is 1. The molecule has 1 aromatic rings. The molecule has 5 N–H and O–H groups in total. The standard InChI is InChI=1S/C49H72O17/c1-25-41(52)33(57-7)21-39(60-25)65-43-27(3)62-40(23-35(43)59-9)66-42-26(2)61-38(22-34(42)58-8)63-32-15-16-45(5)30(20-32)14-17-48(55)36(45)24-37(64-44(53)29-10-12-31(51)13-11-29)46(6)47(54,28(4)50)18-19-49(46,48)56/h10-14,25-27,32-43,51-52,54-56H,15-24H2,1-9H3/t25-,26-,27+,32+,33+,34+,35-,36+,37+,38-,39+,40+,41+,42-,43-,45-,46+,47+,48+,49-/m0/s1. The number of rotatable bonds is 12. The number of ether oxygens (including phenoxy) is 10. The molecule has 3 saturated heterocycles. The molecule has 0 unspecified atom stereocenters. The number of aromatic hydroxyl groups is 1. The highest BCUT2D eigenvalue weighted by molar-refractivity contribution is 5.90. The Balaban J connectivity index is 0.927. The molecule has 20 atom stereocenters. The van der Waals surface area contributed by atoms with Crippen molar-refractivity contribution in [3.8, 4) is 5.75 Å². The van der Waals surface area contributed by atoms with E-state index in [1.54, 1.807) is 35.2 Å². The Labute approximate surface area is 387 Å². The van der Waals surface area contributed by atoms with E-state index in [2.05, 4.69) is 6.92 Å². The third kappa shape index (κ3) is 8.18. The van der Waals surface area contributed by atoms with Crippen molar-refractivity contribution in [1.82, 2.24) is 0 Å². The number of methoxy groups -OCH3 is 3. The van der Waals surface area contributed by atoms with Crippen LogP contribution < -0.4 is 0 Å². The lowest BCUT2D eigenvalue weighted by atomic mass is 9.42. The number of fused-ring (bicyclic) bond motifs is 5. The zero-order valence-electron chi connectivity index (χ0n) is 39.8. The van der Waals surface area contributed by atoms with Gasteiger partial charge in [0.05, 0.1) is 53.7 Å². The van der Waals surface area contributed by atoms with Crippen LogP contribution in [0.4, 0.5) is 0 Å². The van der Waals surface area contributed by atoms with Gasteiger partial charge in [0, 0.05) is 46.5 Å². The van der Waals surface area contributed by atoms with Crippen LogP contribution in [-0.4, -0.2) is 161 Å². The molecule has 17 nitrogen and oxygen atoms in total. The van der Waals surface area contributed by atoms with Gasteiger partial charge in [0.25, 0.3) is 0 Å². The summed E-state index contributed by atoms with van der Waals surface area (Å²) in [6.07, 6.45) is -2.66. The summed E-state index contributed by atoms with van der Waals surface area (Å²) in [5, 5.41) is 58.2. The summed E-state index contributed by atoms with van der Waals surface area (Å²) >= 11 is 0. The number of benzene rings is 1. The van der Waals surface area contributed by atoms with Crippen LogP contribution in [0.2, 0.25) is 0 Å². The van der Waals surface area contributed by atoms with Gasteiger partial charge in [-0.3, -0.25) is 4.79 Å². The molecule has 0 amide bonds. The molecule has 3 heterocycles. The number of carbonyl (C=O) groups is 2. The van der Waals surface area contributed by atoms with Crippen molar-refractivity contribution in [3.63, 3.8) is 0 Å². The minimum absolute atomic E-state index is 0.0274. The molecule has 7 aliphatic rings. The molecule has 8 rings (SSSR count). The third-order valence-electron chi connectivity index (χ3n) is 17.2. The van der Waals surface area contributed by atoms with E-state index in [1.807, 2.05) is 19.9 Å². The zero-order valence-corrected chi connectivity index (χ0v) is 39.8. The predicted octanol–water partition coefficient (Wildman–Crippen LogP) is 4.01. The Bertz CT molecular complexity index is 1950. The first kappa shape index (κ1) is 49.8. The van der Waals surface area contributed by atoms with Gasteiger partial charge in [-0.2, -0.15) is 0 Å². The molecule has 17 heteroatoms. The molecule has 370 valence electrons. The van der Waals surface area contributed by atoms with E-state index in [0.29, 0.717) is 38.5 Å². The van der Waals surface area contributed by atoms with Gasteiger partial charge in [-0.15, -0.1) is 0 Å². The fourth-order valence-electron chi connectivity index (χ4n) is 13.2. The molecule has 0 bridgehead atoms. The quantitative estimate of drug-likeness (QED) is 0.147. The Morgan fingerprint density at radius 3 is 1.83 bits per heavy atom. The van der Waals surface area contributed by atoms with Crippen molar-refractivity contribution in [2.24, 2.45) is 16.7 Å². The van der Waals surface area contributed by atoms with Crippen molar-refractivity contribution < 1.29 is 82.5 Å². The maximum Gasteiger partial charge on any atom is 0.338 e. The minimum atomic E-state index is -2.07. The zero-order chi connectivity index (χ0) is 47.7. The number of carbonyl (C=O) groups excluding carboxylic acids is 2. The van der Waals surface area contributed by atoms with Gasteiger partial charge in [-0.25, -0.2) is 4.79 Å². The van der Waals surface area contributed by atoms with E-state index in [9.17, 15) is 35.1 Å². The minimum Gasteiger partial charge on any atom is -0.508 e. The van der Waals surface area contributed by atoms with E-state index in [0.717, 1.165) is 5.57 Å². The summed E-state index contributed by atoms with van der Waals surface area (Å²) in [5.41, 5.74) is -7.01. The van der Waals surface area contributed by atoms with E-state index >= 15 is 0 Å². The lowest BCUT2D eigenvalue weighted by molar-refractivity contribution is -0.338. The lowest BCUT2D eigenvalue weighted by Gasteiger charge is -2.67. The second-order valence-corrected chi connectivity index (χ2v) is 20.5. The number of esters is 1. The van der Waals surface area contributed by atoms with Crippen molar-refractivity contribution in [2.75, 3.05) is 21.3 Å². The molecule has 3 aliphatic heterocycles. The normalized spacial score (nSPS) is 48.1. The topological polar surface area (TPSA) is 228 Å². The van der Waals surface area contributed by atoms with Crippen molar-refractivity contribution in [2.45, 2.75) is 209 Å². The average molecular weight is 933 g/mol. The van der Waals surface area contributed by atoms with Crippen LogP contribution in [0.1, 0.15) is 116 Å². The number of phenols is 1. The van der Waals surface area contributed by atoms with Gasteiger partial charge in [-0.05, 0) is 109 Å². The van der Waals surface area contributed by atoms with E-state index in [-0.39, 0.29) is 49.2 Å². The second kappa shape index (κ2) is 18.6. The van der Waals surface area contributed by atoms with Gasteiger partial charge in [0.15, 0.2) is 24.7 Å². The monoisotopic (exact) mass is 932 g/mol. The van der Waals surface area contributed by atoms with E-state index in [4.69, 9.17) is 47.4 Å². The molecule has 0 spiro atoms. The van der Waals surface area contributed by atoms with Crippen LogP contribution in [-0.2, 0) is 52.2 Å². The van der Waals surface area contributed by atoms with Gasteiger partial charge in [0.2, 0.25) is 0 Å². The predicted molar refractivity (Wildman–Crippen MR) is 233 cm³/mol. The van der Waals surface area contributed by atoms with Gasteiger partial charge >= 0.3 is 5.97 Å². The maximum absolute atomic E-state index is 13.7. The maximum atomic E-state index is 13.7. The fourth-order valence-corrected chi connectivity index (χ4v) is 13.2. The van der Waals surface area contributed by atoms with Crippen molar-refractivity contribution >= 4 is 11.8 Å². The summed E-state index contributed by atoms with van der Waals surface area (Å²) in [7, 11) is 4.82. The van der Waals surface area contributed by atoms with Crippen LogP contribution >= 0.6 is 0 Å². The summed E-state index contributed by atoms with van der Waals surface area (Å²) < 4.78 is 62.1. The Hall–Kier alpha value is -2.62. The van der Waals surface area contributed by atoms with Gasteiger partial charge < -0.3 is 72.9 Å². The lowest BCUT2D eigenvalue weighted by Crippen LogP contribution is -2.78. The molecule has 0 radical (unpaired) electrons. The van der Waals surface area contributed by atoms with Crippen LogP contribution in [0.25, 0.3) is 0 Å². The number of hydrogen-bond acceptors (Lipinski definition) is 17. The van der Waals surface area contributed by atoms with E-state index in [1.165, 1.54) is 31.2 Å². The Morgan fingerprint density at radius 1 is 0.727 bits per heavy atom. The smallest absolute Gasteiger partial charge is 0.338 e. The highest BCUT2D eigenvalue weighted by atomic mass is 16.7. The third-order valence-corrected chi connectivity index (χ3v) is 17.2. The largest absolute Gasteiger partial charge is 0.508 e. The second-order valence-electron chi connectivity index (χ2n) is 20.5. The average Bonchev–Trinajstić information content (AvgIpc) is 3.51. The van der Waals surface area contributed by atoms with Crippen LogP contribution in [0.3, 0.4) is 0 Å². The number of ketones is 1. The van der Waals surface area contributed by atoms with Gasteiger partial charge in [0.1, 0.15) is 47.0 Å². The molecule has 66 heavy (non-hydrogen) atoms. The SMILES string of the molecule is CO[C@H]1C[C@@H](O[C@H]2[C@H](C)O[C@@H](O[C@@H]3CC[C@@]4(C)C(=CC[C@@]5(O)[C@@H]4C[C@@H](OC(=O)c4ccc(O)cc4)[C@@]4(C)[C@@]5(O)CC[C@@]4(O)C(C)=O)C3)C[C@H]2OC)O[C@H](C)[C@@H]1O[C@@H]1C[C@@H](OC)[C@H](O)[C@H](C)O1. The van der Waals surface area contributed by atoms with Crippen LogP contribution in [0, 0.1) is 16.7 Å². The van der Waals surface area contributed by atoms with Crippen molar-refractivity contribution in [3.05, 3.63) is 41.5 Å². The summed E-state index contributed by atoms with van der Waals surface area (Å²) in [4.78, 5) is 27.0. The number of aliphatic hydroxyl groups excluding tert-OH is 1. The fraction of sp³-hybridized carbons (Fsp3) is 0.796. The number of hydrogen-bond donors (Lipinski definition) is 5. The summed E-state index contributed by atoms with van der Waals surface area (Å²) in [6.45, 7) is 10.5. The van der Waals surface area contributed by atoms with Crippen LogP contribution in [0.15, 0.2) is 35.9 Å². The molecule has 1 aromatic carbocycles. The molecular weight excluding hydrogens is 861 g/mol. The summed E-state index contributed by atoms with van der Waals surface area (Å²) in [5.74, 6) is -1.94. The Morgan fingerprint density at radius 2 is 1.27 bits per heavy atom. The molecule has 6 fully saturated rings. The first-order valence-electron chi connectivity index (χ1n) is 23.7. The van der Waals surface area contributed by atoms with Crippen molar-refractivity contribution in [1.29, 1.82) is 0 Å². The van der Waals surface area contributed by atoms with Gasteiger partial charge in [-0.1, -0.05) is 18.6 Å².